The fourth-order valence-corrected chi connectivity index (χ4v) is 0.543. The summed E-state index contributed by atoms with van der Waals surface area (Å²) in [6.45, 7) is 4.42. The van der Waals surface area contributed by atoms with E-state index in [0.29, 0.717) is 0 Å². The first-order valence-electron chi connectivity index (χ1n) is 2.80. The van der Waals surface area contributed by atoms with Crippen LogP contribution in [-0.4, -0.2) is 10.9 Å². The molecule has 1 nitrogen and oxygen atoms in total. The van der Waals surface area contributed by atoms with Crippen LogP contribution in [-0.2, 0) is 0 Å². The molecule has 1 heteroatoms. The highest BCUT2D eigenvalue weighted by molar-refractivity contribution is 5.03. The predicted molar refractivity (Wildman–Crippen MR) is 30.7 cm³/mol. The highest BCUT2D eigenvalue weighted by Gasteiger charge is 2.10. The molecule has 0 aromatic heterocycles. The van der Waals surface area contributed by atoms with Crippen LogP contribution in [0.3, 0.4) is 0 Å². The van der Waals surface area contributed by atoms with Crippen molar-refractivity contribution < 1.29 is 0 Å². The van der Waals surface area contributed by atoms with Crippen LogP contribution in [0, 0.1) is 0 Å². The molecular formula is C6H11N. The third kappa shape index (κ3) is 0.952. The highest BCUT2D eigenvalue weighted by Crippen LogP contribution is 2.13. The fraction of sp³-hybridized carbons (Fsp3) is 0.667. The van der Waals surface area contributed by atoms with Crippen molar-refractivity contribution in [3.63, 3.8) is 0 Å². The maximum absolute atomic E-state index is 2.22. The Morgan fingerprint density at radius 1 is 1.57 bits per heavy atom. The Morgan fingerprint density at radius 3 is 2.29 bits per heavy atom. The molecule has 1 atom stereocenters. The second kappa shape index (κ2) is 1.57. The van der Waals surface area contributed by atoms with Gasteiger partial charge in [0.25, 0.3) is 0 Å². The average Bonchev–Trinajstić information content (AvgIpc) is 2.44. The first-order chi connectivity index (χ1) is 3.34. The Kier molecular flexibility index (Phi) is 1.05. The lowest BCUT2D eigenvalue weighted by Crippen LogP contribution is -2.10. The zero-order chi connectivity index (χ0) is 5.28. The van der Waals surface area contributed by atoms with E-state index in [2.05, 4.69) is 31.1 Å². The molecule has 0 bridgehead atoms. The lowest BCUT2D eigenvalue weighted by Gasteiger charge is -2.08. The number of rotatable bonds is 2. The van der Waals surface area contributed by atoms with Crippen LogP contribution in [0.1, 0.15) is 20.3 Å². The minimum atomic E-state index is 0.736. The van der Waals surface area contributed by atoms with Gasteiger partial charge in [0.2, 0.25) is 0 Å². The summed E-state index contributed by atoms with van der Waals surface area (Å²) in [5.41, 5.74) is 0. The average molecular weight is 97.2 g/mol. The van der Waals surface area contributed by atoms with Gasteiger partial charge in [0, 0.05) is 18.4 Å². The molecule has 0 radical (unpaired) electrons. The van der Waals surface area contributed by atoms with E-state index in [-0.39, 0.29) is 0 Å². The normalized spacial score (nSPS) is 20.0. The first kappa shape index (κ1) is 4.69. The summed E-state index contributed by atoms with van der Waals surface area (Å²) >= 11 is 0. The SMILES string of the molecule is CCC(C)N1C=C1. The summed E-state index contributed by atoms with van der Waals surface area (Å²) in [5.74, 6) is 0. The smallest absolute Gasteiger partial charge is 0.0301 e. The molecule has 0 aromatic carbocycles. The van der Waals surface area contributed by atoms with E-state index in [1.165, 1.54) is 6.42 Å². The van der Waals surface area contributed by atoms with E-state index in [9.17, 15) is 0 Å². The maximum Gasteiger partial charge on any atom is 0.0301 e. The summed E-state index contributed by atoms with van der Waals surface area (Å²) < 4.78 is 0. The molecular weight excluding hydrogens is 86.1 g/mol. The molecule has 0 aromatic rings. The Balaban J connectivity index is 2.12. The van der Waals surface area contributed by atoms with E-state index < -0.39 is 0 Å². The molecule has 1 rings (SSSR count). The van der Waals surface area contributed by atoms with Crippen molar-refractivity contribution in [2.24, 2.45) is 0 Å². The van der Waals surface area contributed by atoms with E-state index in [0.717, 1.165) is 6.04 Å². The summed E-state index contributed by atoms with van der Waals surface area (Å²) in [5, 5.41) is 0. The molecule has 0 amide bonds. The number of nitrogens with zero attached hydrogens (tertiary/aromatic N) is 1. The van der Waals surface area contributed by atoms with Gasteiger partial charge in [-0.3, -0.25) is 0 Å². The molecule has 0 aliphatic carbocycles. The van der Waals surface area contributed by atoms with Crippen LogP contribution < -0.4 is 0 Å². The van der Waals surface area contributed by atoms with Crippen molar-refractivity contribution in [2.45, 2.75) is 26.3 Å². The van der Waals surface area contributed by atoms with Gasteiger partial charge in [-0.15, -0.1) is 0 Å². The minimum absolute atomic E-state index is 0.736. The summed E-state index contributed by atoms with van der Waals surface area (Å²) in [4.78, 5) is 2.22. The van der Waals surface area contributed by atoms with Gasteiger partial charge in [0.15, 0.2) is 0 Å². The molecule has 0 N–H and O–H groups in total. The molecule has 0 saturated heterocycles. The van der Waals surface area contributed by atoms with Crippen LogP contribution in [0.25, 0.3) is 0 Å². The van der Waals surface area contributed by atoms with Crippen LogP contribution in [0.4, 0.5) is 0 Å². The molecule has 1 unspecified atom stereocenters. The van der Waals surface area contributed by atoms with Crippen molar-refractivity contribution in [3.8, 4) is 0 Å². The van der Waals surface area contributed by atoms with Crippen LogP contribution in [0.5, 0.6) is 0 Å². The van der Waals surface area contributed by atoms with E-state index >= 15 is 0 Å². The zero-order valence-electron chi connectivity index (χ0n) is 4.89. The molecule has 1 heterocycles. The monoisotopic (exact) mass is 97.1 g/mol. The molecule has 1 aliphatic rings. The topological polar surface area (TPSA) is 3.01 Å². The summed E-state index contributed by atoms with van der Waals surface area (Å²) in [7, 11) is 0. The Bertz CT molecular complexity index is 80.2. The number of hydrogen-bond donors (Lipinski definition) is 0. The molecule has 0 spiro atoms. The standard InChI is InChI=1S/C6H11N/c1-3-6(2)7-4-5-7/h4-6H,3H2,1-2H3. The Hall–Kier alpha value is -0.460. The van der Waals surface area contributed by atoms with Crippen molar-refractivity contribution in [2.75, 3.05) is 0 Å². The van der Waals surface area contributed by atoms with Gasteiger partial charge < -0.3 is 4.90 Å². The Morgan fingerprint density at radius 2 is 2.14 bits per heavy atom. The Labute approximate surface area is 44.6 Å². The van der Waals surface area contributed by atoms with Gasteiger partial charge in [0.1, 0.15) is 0 Å². The molecule has 7 heavy (non-hydrogen) atoms. The summed E-state index contributed by atoms with van der Waals surface area (Å²) in [6.07, 6.45) is 5.45. The van der Waals surface area contributed by atoms with Crippen molar-refractivity contribution in [3.05, 3.63) is 12.4 Å². The van der Waals surface area contributed by atoms with Crippen molar-refractivity contribution in [1.82, 2.24) is 4.90 Å². The molecule has 40 valence electrons. The second-order valence-electron chi connectivity index (χ2n) is 2.00. The third-order valence-corrected chi connectivity index (χ3v) is 1.42. The van der Waals surface area contributed by atoms with Gasteiger partial charge in [-0.1, -0.05) is 6.92 Å². The van der Waals surface area contributed by atoms with Gasteiger partial charge in [-0.25, -0.2) is 0 Å². The van der Waals surface area contributed by atoms with Crippen molar-refractivity contribution >= 4 is 0 Å². The molecule has 1 aliphatic heterocycles. The van der Waals surface area contributed by atoms with Crippen LogP contribution in [0.15, 0.2) is 12.4 Å². The van der Waals surface area contributed by atoms with E-state index in [1.807, 2.05) is 0 Å². The fourth-order valence-electron chi connectivity index (χ4n) is 0.543. The largest absolute Gasteiger partial charge is 0.349 e. The second-order valence-corrected chi connectivity index (χ2v) is 2.00. The van der Waals surface area contributed by atoms with Crippen LogP contribution in [0.2, 0.25) is 0 Å². The first-order valence-corrected chi connectivity index (χ1v) is 2.80. The lowest BCUT2D eigenvalue weighted by molar-refractivity contribution is 0.448. The predicted octanol–water partition coefficient (Wildman–Crippen LogP) is 1.57. The number of hydrogen-bond acceptors (Lipinski definition) is 1. The highest BCUT2D eigenvalue weighted by atomic mass is 15.2. The van der Waals surface area contributed by atoms with E-state index in [4.69, 9.17) is 0 Å². The maximum atomic E-state index is 2.22. The minimum Gasteiger partial charge on any atom is -0.349 e. The lowest BCUT2D eigenvalue weighted by atomic mass is 10.3. The quantitative estimate of drug-likeness (QED) is 0.505. The van der Waals surface area contributed by atoms with Gasteiger partial charge in [-0.2, -0.15) is 0 Å². The van der Waals surface area contributed by atoms with Crippen molar-refractivity contribution in [1.29, 1.82) is 0 Å². The molecule has 0 saturated carbocycles. The summed E-state index contributed by atoms with van der Waals surface area (Å²) in [6, 6.07) is 0.736. The van der Waals surface area contributed by atoms with Crippen LogP contribution >= 0.6 is 0 Å². The van der Waals surface area contributed by atoms with Gasteiger partial charge in [-0.05, 0) is 13.3 Å². The molecule has 0 fully saturated rings. The van der Waals surface area contributed by atoms with E-state index in [1.54, 1.807) is 0 Å². The van der Waals surface area contributed by atoms with Gasteiger partial charge in [0.05, 0.1) is 0 Å². The third-order valence-electron chi connectivity index (χ3n) is 1.42. The van der Waals surface area contributed by atoms with Gasteiger partial charge >= 0.3 is 0 Å². The zero-order valence-corrected chi connectivity index (χ0v) is 4.89.